The third kappa shape index (κ3) is 2.09. The molecule has 0 aliphatic carbocycles. The lowest BCUT2D eigenvalue weighted by Crippen LogP contribution is -2.02. The van der Waals surface area contributed by atoms with Crippen LogP contribution in [0, 0.1) is 6.92 Å². The van der Waals surface area contributed by atoms with E-state index in [4.69, 9.17) is 10.3 Å². The van der Waals surface area contributed by atoms with Gasteiger partial charge in [-0.3, -0.25) is 4.79 Å². The summed E-state index contributed by atoms with van der Waals surface area (Å²) in [4.78, 5) is 14.0. The highest BCUT2D eigenvalue weighted by Gasteiger charge is 2.17. The summed E-state index contributed by atoms with van der Waals surface area (Å²) in [6.07, 6.45) is 1.57. The van der Waals surface area contributed by atoms with E-state index in [1.807, 2.05) is 31.2 Å². The van der Waals surface area contributed by atoms with Crippen molar-refractivity contribution in [2.45, 2.75) is 6.92 Å². The molecule has 0 amide bonds. The summed E-state index contributed by atoms with van der Waals surface area (Å²) in [7, 11) is 0. The zero-order chi connectivity index (χ0) is 14.1. The summed E-state index contributed by atoms with van der Waals surface area (Å²) >= 11 is 0. The van der Waals surface area contributed by atoms with Gasteiger partial charge in [-0.05, 0) is 18.6 Å². The maximum Gasteiger partial charge on any atom is 0.248 e. The van der Waals surface area contributed by atoms with Crippen LogP contribution in [0.4, 0.5) is 5.88 Å². The van der Waals surface area contributed by atoms with Gasteiger partial charge in [0.2, 0.25) is 11.4 Å². The average Bonchev–Trinajstić information content (AvgIpc) is 2.80. The highest BCUT2D eigenvalue weighted by atomic mass is 16.5. The van der Waals surface area contributed by atoms with E-state index >= 15 is 0 Å². The van der Waals surface area contributed by atoms with Gasteiger partial charge < -0.3 is 15.2 Å². The second kappa shape index (κ2) is 4.70. The molecule has 1 aromatic carbocycles. The van der Waals surface area contributed by atoms with Crippen LogP contribution in [0.3, 0.4) is 0 Å². The number of nitrogens with one attached hydrogen (secondary N) is 1. The van der Waals surface area contributed by atoms with E-state index in [0.717, 1.165) is 11.1 Å². The Morgan fingerprint density at radius 1 is 1.20 bits per heavy atom. The zero-order valence-electron chi connectivity index (χ0n) is 10.9. The number of anilines is 1. The van der Waals surface area contributed by atoms with Crippen LogP contribution in [-0.4, -0.2) is 10.1 Å². The fourth-order valence-corrected chi connectivity index (χ4v) is 2.17. The smallest absolute Gasteiger partial charge is 0.248 e. The van der Waals surface area contributed by atoms with E-state index in [9.17, 15) is 4.79 Å². The molecular weight excluding hydrogens is 254 g/mol. The largest absolute Gasteiger partial charge is 0.367 e. The van der Waals surface area contributed by atoms with E-state index in [1.165, 1.54) is 6.07 Å². The Kier molecular flexibility index (Phi) is 2.87. The number of H-pyrrole nitrogens is 1. The summed E-state index contributed by atoms with van der Waals surface area (Å²) in [5.41, 5.74) is 9.66. The molecule has 2 aromatic heterocycles. The van der Waals surface area contributed by atoms with Crippen LogP contribution in [0.25, 0.3) is 22.4 Å². The second-order valence-corrected chi connectivity index (χ2v) is 4.58. The first-order valence-electron chi connectivity index (χ1n) is 6.16. The fourth-order valence-electron chi connectivity index (χ4n) is 2.17. The van der Waals surface area contributed by atoms with Gasteiger partial charge in [0.05, 0.1) is 5.56 Å². The van der Waals surface area contributed by atoms with Crippen LogP contribution in [0.1, 0.15) is 5.56 Å². The molecule has 0 bridgehead atoms. The predicted molar refractivity (Wildman–Crippen MR) is 77.1 cm³/mol. The van der Waals surface area contributed by atoms with Crippen LogP contribution >= 0.6 is 0 Å². The van der Waals surface area contributed by atoms with Crippen molar-refractivity contribution in [3.05, 3.63) is 58.5 Å². The number of hydrogen-bond donors (Lipinski definition) is 2. The maximum absolute atomic E-state index is 11.4. The molecule has 0 saturated heterocycles. The first-order valence-corrected chi connectivity index (χ1v) is 6.16. The van der Waals surface area contributed by atoms with Gasteiger partial charge in [0, 0.05) is 17.8 Å². The third-order valence-electron chi connectivity index (χ3n) is 3.07. The van der Waals surface area contributed by atoms with Crippen LogP contribution in [0.15, 0.2) is 51.9 Å². The fraction of sp³-hybridized carbons (Fsp3) is 0.0667. The summed E-state index contributed by atoms with van der Waals surface area (Å²) in [5.74, 6) is 0.242. The normalized spacial score (nSPS) is 10.7. The zero-order valence-corrected chi connectivity index (χ0v) is 10.9. The molecule has 0 atom stereocenters. The molecule has 0 unspecified atom stereocenters. The number of aromatic nitrogens is 2. The van der Waals surface area contributed by atoms with Gasteiger partial charge >= 0.3 is 0 Å². The Bertz CT molecular complexity index is 818. The van der Waals surface area contributed by atoms with E-state index in [-0.39, 0.29) is 11.4 Å². The van der Waals surface area contributed by atoms with Crippen molar-refractivity contribution in [1.29, 1.82) is 0 Å². The number of benzene rings is 1. The lowest BCUT2D eigenvalue weighted by atomic mass is 10.0. The molecule has 3 rings (SSSR count). The number of pyridine rings is 1. The van der Waals surface area contributed by atoms with Crippen LogP contribution in [-0.2, 0) is 0 Å². The topological polar surface area (TPSA) is 84.9 Å². The van der Waals surface area contributed by atoms with Gasteiger partial charge in [0.15, 0.2) is 0 Å². The molecule has 0 fully saturated rings. The number of hydrogen-bond acceptors (Lipinski definition) is 4. The number of aromatic amines is 1. The minimum atomic E-state index is -0.195. The molecule has 3 N–H and O–H groups in total. The van der Waals surface area contributed by atoms with Gasteiger partial charge in [-0.15, -0.1) is 0 Å². The Labute approximate surface area is 115 Å². The summed E-state index contributed by atoms with van der Waals surface area (Å²) < 4.78 is 5.10. The van der Waals surface area contributed by atoms with Crippen molar-refractivity contribution in [2.24, 2.45) is 0 Å². The predicted octanol–water partition coefficient (Wildman–Crippen LogP) is 2.59. The Balaban J connectivity index is 2.22. The lowest BCUT2D eigenvalue weighted by molar-refractivity contribution is 0.439. The molecule has 0 aliphatic rings. The van der Waals surface area contributed by atoms with Gasteiger partial charge in [-0.1, -0.05) is 35.0 Å². The summed E-state index contributed by atoms with van der Waals surface area (Å²) in [6, 6.07) is 11.1. The Hall–Kier alpha value is -2.82. The summed E-state index contributed by atoms with van der Waals surface area (Å²) in [6.45, 7) is 2.00. The van der Waals surface area contributed by atoms with Crippen molar-refractivity contribution >= 4 is 5.88 Å². The standard InChI is InChI=1S/C15H13N3O2/c1-9-3-2-4-10(7-9)13-14(18-20-15(13)16)11-5-6-17-12(19)8-11/h2-8H,16H2,1H3,(H,17,19). The highest BCUT2D eigenvalue weighted by Crippen LogP contribution is 2.35. The molecule has 3 aromatic rings. The first-order chi connectivity index (χ1) is 9.65. The number of aryl methyl sites for hydroxylation is 1. The van der Waals surface area contributed by atoms with Crippen LogP contribution < -0.4 is 11.3 Å². The van der Waals surface area contributed by atoms with E-state index in [2.05, 4.69) is 10.1 Å². The van der Waals surface area contributed by atoms with E-state index < -0.39 is 0 Å². The number of nitrogens with two attached hydrogens (primary N) is 1. The highest BCUT2D eigenvalue weighted by molar-refractivity contribution is 5.86. The van der Waals surface area contributed by atoms with Crippen molar-refractivity contribution in [1.82, 2.24) is 10.1 Å². The number of nitrogens with zero attached hydrogens (tertiary/aromatic N) is 1. The van der Waals surface area contributed by atoms with Crippen molar-refractivity contribution < 1.29 is 4.52 Å². The number of rotatable bonds is 2. The van der Waals surface area contributed by atoms with Gasteiger partial charge in [-0.25, -0.2) is 0 Å². The molecule has 2 heterocycles. The van der Waals surface area contributed by atoms with E-state index in [0.29, 0.717) is 16.8 Å². The molecule has 0 saturated carbocycles. The number of nitrogen functional groups attached to an aromatic ring is 1. The van der Waals surface area contributed by atoms with Crippen LogP contribution in [0.5, 0.6) is 0 Å². The van der Waals surface area contributed by atoms with Crippen molar-refractivity contribution in [3.63, 3.8) is 0 Å². The SMILES string of the molecule is Cc1cccc(-c2c(-c3cc[nH]c(=O)c3)noc2N)c1. The molecule has 0 spiro atoms. The monoisotopic (exact) mass is 267 g/mol. The molecule has 0 radical (unpaired) electrons. The second-order valence-electron chi connectivity index (χ2n) is 4.58. The first kappa shape index (κ1) is 12.2. The molecule has 5 heteroatoms. The molecule has 5 nitrogen and oxygen atoms in total. The molecular formula is C15H13N3O2. The minimum absolute atomic E-state index is 0.195. The van der Waals surface area contributed by atoms with Crippen molar-refractivity contribution in [3.8, 4) is 22.4 Å². The minimum Gasteiger partial charge on any atom is -0.367 e. The van der Waals surface area contributed by atoms with Gasteiger partial charge in [-0.2, -0.15) is 0 Å². The third-order valence-corrected chi connectivity index (χ3v) is 3.07. The molecule has 0 aliphatic heterocycles. The Morgan fingerprint density at radius 2 is 2.05 bits per heavy atom. The molecule has 20 heavy (non-hydrogen) atoms. The summed E-state index contributed by atoms with van der Waals surface area (Å²) in [5, 5.41) is 3.98. The average molecular weight is 267 g/mol. The van der Waals surface area contributed by atoms with E-state index in [1.54, 1.807) is 12.3 Å². The molecule has 100 valence electrons. The van der Waals surface area contributed by atoms with Crippen molar-refractivity contribution in [2.75, 3.05) is 5.73 Å². The maximum atomic E-state index is 11.4. The van der Waals surface area contributed by atoms with Gasteiger partial charge in [0.1, 0.15) is 5.69 Å². The lowest BCUT2D eigenvalue weighted by Gasteiger charge is -2.03. The van der Waals surface area contributed by atoms with Crippen LogP contribution in [0.2, 0.25) is 0 Å². The van der Waals surface area contributed by atoms with Gasteiger partial charge in [0.25, 0.3) is 0 Å². The quantitative estimate of drug-likeness (QED) is 0.747. The Morgan fingerprint density at radius 3 is 2.80 bits per heavy atom.